The van der Waals surface area contributed by atoms with E-state index in [1.807, 2.05) is 31.2 Å². The van der Waals surface area contributed by atoms with E-state index < -0.39 is 0 Å². The van der Waals surface area contributed by atoms with Crippen LogP contribution < -0.4 is 15.8 Å². The van der Waals surface area contributed by atoms with Gasteiger partial charge in [-0.3, -0.25) is 5.41 Å². The van der Waals surface area contributed by atoms with Crippen LogP contribution in [0.4, 0.5) is 4.79 Å². The van der Waals surface area contributed by atoms with Crippen LogP contribution in [0, 0.1) is 12.3 Å². The van der Waals surface area contributed by atoms with Crippen molar-refractivity contribution in [2.75, 3.05) is 13.7 Å². The Morgan fingerprint density at radius 2 is 2.09 bits per heavy atom. The fraction of sp³-hybridized carbons (Fsp3) is 0.231. The van der Waals surface area contributed by atoms with E-state index in [4.69, 9.17) is 21.7 Å². The van der Waals surface area contributed by atoms with Crippen molar-refractivity contribution in [1.82, 2.24) is 21.1 Å². The molecule has 1 aliphatic rings. The largest absolute Gasteiger partial charge is 0.488 e. The van der Waals surface area contributed by atoms with E-state index in [1.54, 1.807) is 7.05 Å². The number of carbonyl (C=O) groups excluding carboxylic acids is 1. The molecule has 1 fully saturated rings. The van der Waals surface area contributed by atoms with E-state index >= 15 is 0 Å². The van der Waals surface area contributed by atoms with Crippen LogP contribution in [-0.2, 0) is 0 Å². The van der Waals surface area contributed by atoms with Crippen LogP contribution >= 0.6 is 24.2 Å². The van der Waals surface area contributed by atoms with E-state index in [9.17, 15) is 4.79 Å². The molecule has 1 aliphatic heterocycles. The second-order valence-electron chi connectivity index (χ2n) is 4.57. The number of rotatable bonds is 5. The van der Waals surface area contributed by atoms with Crippen molar-refractivity contribution in [2.45, 2.75) is 6.92 Å². The molecule has 0 atom stereocenters. The normalized spacial score (nSPS) is 15.9. The molecule has 0 aromatic heterocycles. The van der Waals surface area contributed by atoms with Crippen molar-refractivity contribution in [3.63, 3.8) is 0 Å². The number of para-hydroxylation sites is 1. The average molecular weight is 342 g/mol. The summed E-state index contributed by atoms with van der Waals surface area (Å²) >= 11 is 10.1. The number of ether oxygens (including phenoxy) is 1. The van der Waals surface area contributed by atoms with Gasteiger partial charge < -0.3 is 4.74 Å². The number of benzene rings is 1. The third-order valence-corrected chi connectivity index (χ3v) is 3.72. The van der Waals surface area contributed by atoms with Gasteiger partial charge in [-0.25, -0.2) is 14.8 Å². The number of nitrogens with one attached hydrogen (secondary N) is 3. The molecule has 1 saturated heterocycles. The van der Waals surface area contributed by atoms with Crippen molar-refractivity contribution in [2.24, 2.45) is 0 Å². The first-order valence-electron chi connectivity index (χ1n) is 6.36. The number of nitrogens with zero attached hydrogens (tertiary/aromatic N) is 2. The quantitative estimate of drug-likeness (QED) is 0.488. The predicted molar refractivity (Wildman–Crippen MR) is 87.5 cm³/mol. The van der Waals surface area contributed by atoms with Crippen molar-refractivity contribution >= 4 is 35.4 Å². The van der Waals surface area contributed by atoms with Crippen molar-refractivity contribution in [3.8, 4) is 5.75 Å². The zero-order valence-corrected chi connectivity index (χ0v) is 13.7. The van der Waals surface area contributed by atoms with E-state index in [1.165, 1.54) is 5.01 Å². The van der Waals surface area contributed by atoms with Gasteiger partial charge in [0.15, 0.2) is 0 Å². The number of carbonyl (C=O) groups is 1. The molecule has 0 radical (unpaired) electrons. The fourth-order valence-electron chi connectivity index (χ4n) is 1.74. The maximum atomic E-state index is 11.9. The molecule has 0 saturated carbocycles. The zero-order valence-electron chi connectivity index (χ0n) is 12.1. The molecule has 7 nitrogen and oxygen atoms in total. The topological polar surface area (TPSA) is 80.7 Å². The number of hydrazine groups is 3. The summed E-state index contributed by atoms with van der Waals surface area (Å²) in [4.78, 5) is 11.9. The van der Waals surface area contributed by atoms with Gasteiger partial charge in [-0.2, -0.15) is 0 Å². The number of urea groups is 1. The summed E-state index contributed by atoms with van der Waals surface area (Å²) in [6, 6.07) is 7.11. The molecule has 1 heterocycles. The Kier molecular flexibility index (Phi) is 5.30. The summed E-state index contributed by atoms with van der Waals surface area (Å²) in [6.45, 7) is 1.93. The van der Waals surface area contributed by atoms with Crippen LogP contribution in [0.1, 0.15) is 5.56 Å². The van der Waals surface area contributed by atoms with Crippen molar-refractivity contribution in [3.05, 3.63) is 40.4 Å². The molecule has 1 aromatic rings. The first kappa shape index (κ1) is 16.6. The lowest BCUT2D eigenvalue weighted by Gasteiger charge is -2.18. The Morgan fingerprint density at radius 3 is 2.64 bits per heavy atom. The minimum Gasteiger partial charge on any atom is -0.488 e. The first-order chi connectivity index (χ1) is 10.4. The Labute approximate surface area is 138 Å². The maximum Gasteiger partial charge on any atom is 0.355 e. The van der Waals surface area contributed by atoms with E-state index in [2.05, 4.69) is 23.7 Å². The molecule has 0 unspecified atom stereocenters. The van der Waals surface area contributed by atoms with Gasteiger partial charge in [-0.1, -0.05) is 29.8 Å². The summed E-state index contributed by atoms with van der Waals surface area (Å²) in [5.41, 5.74) is 6.46. The summed E-state index contributed by atoms with van der Waals surface area (Å²) in [5.74, 6) is 0.676. The molecule has 118 valence electrons. The molecule has 22 heavy (non-hydrogen) atoms. The predicted octanol–water partition coefficient (Wildman–Crippen LogP) is 2.02. The number of halogens is 1. The second kappa shape index (κ2) is 7.01. The summed E-state index contributed by atoms with van der Waals surface area (Å²) in [7, 11) is 1.55. The highest BCUT2D eigenvalue weighted by Crippen LogP contribution is 2.22. The lowest BCUT2D eigenvalue weighted by molar-refractivity contribution is 0.202. The van der Waals surface area contributed by atoms with Gasteiger partial charge in [0.1, 0.15) is 22.6 Å². The molecular weight excluding hydrogens is 326 g/mol. The maximum absolute atomic E-state index is 11.9. The van der Waals surface area contributed by atoms with Crippen LogP contribution in [0.3, 0.4) is 0 Å². The average Bonchev–Trinajstić information content (AvgIpc) is 2.80. The minimum atomic E-state index is -0.378. The highest BCUT2D eigenvalue weighted by atomic mass is 35.5. The highest BCUT2D eigenvalue weighted by molar-refractivity contribution is 7.84. The molecule has 1 aromatic carbocycles. The number of thiol groups is 1. The summed E-state index contributed by atoms with van der Waals surface area (Å²) in [5, 5.41) is 9.97. The smallest absolute Gasteiger partial charge is 0.355 e. The third-order valence-electron chi connectivity index (χ3n) is 3.02. The van der Waals surface area contributed by atoms with Crippen LogP contribution in [0.5, 0.6) is 5.75 Å². The summed E-state index contributed by atoms with van der Waals surface area (Å²) in [6.07, 6.45) is 0. The third kappa shape index (κ3) is 3.53. The minimum absolute atomic E-state index is 0.0151. The Morgan fingerprint density at radius 1 is 1.41 bits per heavy atom. The standard InChI is InChI=1S/C13H16ClN5O2S/c1-8-5-3-4-6-10(8)21-7-9(11(14)15)12(22)19-13(20)18(2)16-17-19/h3-6,15-17,22H,7H2,1-2H3/b12-9-,15-11?. The molecule has 2 rings (SSSR count). The zero-order chi connectivity index (χ0) is 16.3. The molecule has 9 heteroatoms. The highest BCUT2D eigenvalue weighted by Gasteiger charge is 2.29. The molecule has 2 amide bonds. The van der Waals surface area contributed by atoms with Crippen LogP contribution in [-0.4, -0.2) is 34.9 Å². The molecule has 0 aliphatic carbocycles. The number of aryl methyl sites for hydroxylation is 1. The van der Waals surface area contributed by atoms with Crippen LogP contribution in [0.25, 0.3) is 0 Å². The van der Waals surface area contributed by atoms with Gasteiger partial charge in [0.05, 0.1) is 5.57 Å². The Hall–Kier alpha value is -1.74. The number of hydrogen-bond donors (Lipinski definition) is 4. The van der Waals surface area contributed by atoms with Crippen LogP contribution in [0.15, 0.2) is 34.9 Å². The van der Waals surface area contributed by atoms with Crippen molar-refractivity contribution in [1.29, 1.82) is 5.41 Å². The van der Waals surface area contributed by atoms with Gasteiger partial charge in [0, 0.05) is 7.05 Å². The number of hydrogen-bond acceptors (Lipinski definition) is 6. The first-order valence-corrected chi connectivity index (χ1v) is 7.18. The van der Waals surface area contributed by atoms with Gasteiger partial charge in [-0.05, 0) is 18.6 Å². The van der Waals surface area contributed by atoms with Gasteiger partial charge in [0.2, 0.25) is 0 Å². The lowest BCUT2D eigenvalue weighted by Crippen LogP contribution is -2.37. The molecule has 0 bridgehead atoms. The van der Waals surface area contributed by atoms with Gasteiger partial charge in [0.25, 0.3) is 0 Å². The summed E-state index contributed by atoms with van der Waals surface area (Å²) < 4.78 is 5.67. The van der Waals surface area contributed by atoms with Gasteiger partial charge >= 0.3 is 6.03 Å². The molecule has 0 spiro atoms. The SMILES string of the molecule is Cc1ccccc1OC/C(C(=N)Cl)=C(/S)N1NNN(C)C1=O. The number of amides is 2. The van der Waals surface area contributed by atoms with Crippen LogP contribution in [0.2, 0.25) is 0 Å². The van der Waals surface area contributed by atoms with E-state index in [0.29, 0.717) is 5.75 Å². The fourth-order valence-corrected chi connectivity index (χ4v) is 2.27. The van der Waals surface area contributed by atoms with E-state index in [-0.39, 0.29) is 28.4 Å². The lowest BCUT2D eigenvalue weighted by atomic mass is 10.2. The Bertz CT molecular complexity index is 637. The molecular formula is C13H16ClN5O2S. The van der Waals surface area contributed by atoms with Gasteiger partial charge in [-0.15, -0.1) is 23.7 Å². The molecule has 3 N–H and O–H groups in total. The van der Waals surface area contributed by atoms with Crippen molar-refractivity contribution < 1.29 is 9.53 Å². The Balaban J connectivity index is 2.19. The monoisotopic (exact) mass is 341 g/mol. The second-order valence-corrected chi connectivity index (χ2v) is 5.37. The van der Waals surface area contributed by atoms with E-state index in [0.717, 1.165) is 10.6 Å².